The molecule has 4 rings (SSSR count). The Hall–Kier alpha value is -3.94. The molecule has 0 radical (unpaired) electrons. The normalized spacial score (nSPS) is 10.5. The predicted molar refractivity (Wildman–Crippen MR) is 126 cm³/mol. The summed E-state index contributed by atoms with van der Waals surface area (Å²) in [6.45, 7) is 5.65. The van der Waals surface area contributed by atoms with Gasteiger partial charge in [0.25, 0.3) is 0 Å². The standard InChI is InChI=1S/C24H20F2N2O4.C2H6/c1-3-32-24(30)22-21(17-5-4-10-27-23(17)31-2)18-12-16(29)7-9-20(18)28(22)13-14-11-15(25)6-8-19(14)26;1-2/h4-12,29H,3,13H2,1-2H3;1-2H3. The van der Waals surface area contributed by atoms with E-state index < -0.39 is 17.6 Å². The van der Waals surface area contributed by atoms with Crippen molar-refractivity contribution in [3.05, 3.63) is 77.6 Å². The van der Waals surface area contributed by atoms with Crippen LogP contribution in [0, 0.1) is 11.6 Å². The summed E-state index contributed by atoms with van der Waals surface area (Å²) in [4.78, 5) is 17.3. The molecule has 2 aromatic heterocycles. The molecule has 0 aliphatic rings. The predicted octanol–water partition coefficient (Wildman–Crippen LogP) is 5.95. The molecule has 0 aliphatic carbocycles. The Morgan fingerprint density at radius 2 is 1.88 bits per heavy atom. The van der Waals surface area contributed by atoms with Crippen LogP contribution in [-0.2, 0) is 11.3 Å². The van der Waals surface area contributed by atoms with Crippen LogP contribution in [0.15, 0.2) is 54.7 Å². The van der Waals surface area contributed by atoms with Crippen molar-refractivity contribution < 1.29 is 28.2 Å². The monoisotopic (exact) mass is 468 g/mol. The van der Waals surface area contributed by atoms with Crippen molar-refractivity contribution >= 4 is 16.9 Å². The van der Waals surface area contributed by atoms with E-state index in [9.17, 15) is 18.7 Å². The molecule has 8 heteroatoms. The molecule has 0 unspecified atom stereocenters. The number of aromatic nitrogens is 2. The van der Waals surface area contributed by atoms with E-state index in [1.165, 1.54) is 19.2 Å². The average molecular weight is 469 g/mol. The van der Waals surface area contributed by atoms with Crippen LogP contribution in [0.2, 0.25) is 0 Å². The largest absolute Gasteiger partial charge is 0.508 e. The first-order valence-corrected chi connectivity index (χ1v) is 10.9. The number of hydrogen-bond donors (Lipinski definition) is 1. The molecule has 0 amide bonds. The van der Waals surface area contributed by atoms with Crippen LogP contribution in [0.25, 0.3) is 22.0 Å². The molecule has 0 bridgehead atoms. The van der Waals surface area contributed by atoms with Crippen molar-refractivity contribution in [2.75, 3.05) is 13.7 Å². The highest BCUT2D eigenvalue weighted by Gasteiger charge is 2.28. The fourth-order valence-electron chi connectivity index (χ4n) is 3.77. The number of aromatic hydroxyl groups is 1. The van der Waals surface area contributed by atoms with Gasteiger partial charge in [-0.15, -0.1) is 0 Å². The molecule has 0 atom stereocenters. The summed E-state index contributed by atoms with van der Waals surface area (Å²) in [6, 6.07) is 11.1. The van der Waals surface area contributed by atoms with Gasteiger partial charge in [0, 0.05) is 33.8 Å². The number of halogens is 2. The van der Waals surface area contributed by atoms with Gasteiger partial charge in [0.15, 0.2) is 0 Å². The molecule has 178 valence electrons. The number of ether oxygens (including phenoxy) is 2. The van der Waals surface area contributed by atoms with E-state index in [0.29, 0.717) is 22.0 Å². The van der Waals surface area contributed by atoms with Crippen LogP contribution in [0.4, 0.5) is 8.78 Å². The van der Waals surface area contributed by atoms with Gasteiger partial charge in [-0.3, -0.25) is 0 Å². The number of pyridine rings is 1. The number of carbonyl (C=O) groups is 1. The molecule has 4 aromatic rings. The average Bonchev–Trinajstić information content (AvgIpc) is 3.15. The number of hydrogen-bond acceptors (Lipinski definition) is 5. The number of fused-ring (bicyclic) bond motifs is 1. The smallest absolute Gasteiger partial charge is 0.355 e. The number of carbonyl (C=O) groups excluding carboxylic acids is 1. The zero-order valence-corrected chi connectivity index (χ0v) is 19.4. The molecular formula is C26H26F2N2O4. The molecule has 2 aromatic carbocycles. The van der Waals surface area contributed by atoms with Crippen molar-refractivity contribution in [1.29, 1.82) is 0 Å². The molecule has 0 saturated heterocycles. The summed E-state index contributed by atoms with van der Waals surface area (Å²) in [6.07, 6.45) is 1.55. The number of phenolic OH excluding ortho intramolecular Hbond substituents is 1. The maximum Gasteiger partial charge on any atom is 0.355 e. The van der Waals surface area contributed by atoms with Gasteiger partial charge >= 0.3 is 5.97 Å². The first-order valence-electron chi connectivity index (χ1n) is 10.9. The zero-order chi connectivity index (χ0) is 24.8. The van der Waals surface area contributed by atoms with Crippen LogP contribution < -0.4 is 4.74 Å². The highest BCUT2D eigenvalue weighted by molar-refractivity contribution is 6.09. The number of rotatable bonds is 6. The maximum atomic E-state index is 14.5. The highest BCUT2D eigenvalue weighted by Crippen LogP contribution is 2.40. The fourth-order valence-corrected chi connectivity index (χ4v) is 3.77. The van der Waals surface area contributed by atoms with Gasteiger partial charge in [0.1, 0.15) is 23.1 Å². The summed E-state index contributed by atoms with van der Waals surface area (Å²) >= 11 is 0. The van der Waals surface area contributed by atoms with E-state index in [0.717, 1.165) is 18.2 Å². The van der Waals surface area contributed by atoms with Gasteiger partial charge in [-0.2, -0.15) is 0 Å². The van der Waals surface area contributed by atoms with Crippen molar-refractivity contribution in [3.63, 3.8) is 0 Å². The van der Waals surface area contributed by atoms with E-state index in [-0.39, 0.29) is 36.0 Å². The second kappa shape index (κ2) is 10.8. The quantitative estimate of drug-likeness (QED) is 0.354. The second-order valence-electron chi connectivity index (χ2n) is 7.03. The van der Waals surface area contributed by atoms with Crippen LogP contribution in [0.5, 0.6) is 11.6 Å². The van der Waals surface area contributed by atoms with Gasteiger partial charge in [-0.25, -0.2) is 18.6 Å². The fraction of sp³-hybridized carbons (Fsp3) is 0.231. The van der Waals surface area contributed by atoms with Crippen molar-refractivity contribution in [2.24, 2.45) is 0 Å². The van der Waals surface area contributed by atoms with Crippen molar-refractivity contribution in [3.8, 4) is 22.8 Å². The third kappa shape index (κ3) is 4.71. The van der Waals surface area contributed by atoms with Gasteiger partial charge < -0.3 is 19.1 Å². The van der Waals surface area contributed by atoms with E-state index in [1.54, 1.807) is 35.9 Å². The SMILES string of the molecule is CC.CCOC(=O)c1c(-c2cccnc2OC)c2cc(O)ccc2n1Cc1cc(F)ccc1F. The number of nitrogens with zero attached hydrogens (tertiary/aromatic N) is 2. The van der Waals surface area contributed by atoms with Crippen molar-refractivity contribution in [2.45, 2.75) is 27.3 Å². The first-order chi connectivity index (χ1) is 16.4. The molecule has 2 heterocycles. The molecule has 1 N–H and O–H groups in total. The molecule has 6 nitrogen and oxygen atoms in total. The molecule has 0 saturated carbocycles. The third-order valence-corrected chi connectivity index (χ3v) is 5.09. The second-order valence-corrected chi connectivity index (χ2v) is 7.03. The van der Waals surface area contributed by atoms with E-state index in [2.05, 4.69) is 4.98 Å². The number of benzene rings is 2. The summed E-state index contributed by atoms with van der Waals surface area (Å²) in [5.41, 5.74) is 1.60. The minimum atomic E-state index is -0.652. The Balaban J connectivity index is 0.00000158. The number of phenols is 1. The summed E-state index contributed by atoms with van der Waals surface area (Å²) in [7, 11) is 1.45. The molecule has 0 fully saturated rings. The Morgan fingerprint density at radius 1 is 1.12 bits per heavy atom. The Morgan fingerprint density at radius 3 is 2.59 bits per heavy atom. The molecule has 0 aliphatic heterocycles. The van der Waals surface area contributed by atoms with Crippen LogP contribution in [0.1, 0.15) is 36.8 Å². The first kappa shape index (κ1) is 24.7. The van der Waals surface area contributed by atoms with E-state index >= 15 is 0 Å². The summed E-state index contributed by atoms with van der Waals surface area (Å²) < 4.78 is 40.6. The van der Waals surface area contributed by atoms with E-state index in [4.69, 9.17) is 9.47 Å². The minimum absolute atomic E-state index is 0.0221. The zero-order valence-electron chi connectivity index (χ0n) is 19.4. The van der Waals surface area contributed by atoms with Gasteiger partial charge in [0.2, 0.25) is 5.88 Å². The summed E-state index contributed by atoms with van der Waals surface area (Å²) in [5.74, 6) is -1.62. The van der Waals surface area contributed by atoms with Gasteiger partial charge in [-0.1, -0.05) is 13.8 Å². The van der Waals surface area contributed by atoms with Crippen LogP contribution in [-0.4, -0.2) is 34.3 Å². The number of methoxy groups -OCH3 is 1. The number of esters is 1. The molecular weight excluding hydrogens is 442 g/mol. The lowest BCUT2D eigenvalue weighted by Gasteiger charge is -2.13. The van der Waals surface area contributed by atoms with E-state index in [1.807, 2.05) is 13.8 Å². The lowest BCUT2D eigenvalue weighted by atomic mass is 10.0. The maximum absolute atomic E-state index is 14.5. The van der Waals surface area contributed by atoms with Crippen LogP contribution in [0.3, 0.4) is 0 Å². The Bertz CT molecular complexity index is 1320. The lowest BCUT2D eigenvalue weighted by molar-refractivity contribution is 0.0516. The minimum Gasteiger partial charge on any atom is -0.508 e. The highest BCUT2D eigenvalue weighted by atomic mass is 19.1. The van der Waals surface area contributed by atoms with Gasteiger partial charge in [-0.05, 0) is 55.5 Å². The van der Waals surface area contributed by atoms with Crippen molar-refractivity contribution in [1.82, 2.24) is 9.55 Å². The summed E-state index contributed by atoms with van der Waals surface area (Å²) in [5, 5.41) is 10.7. The topological polar surface area (TPSA) is 73.6 Å². The van der Waals surface area contributed by atoms with Gasteiger partial charge in [0.05, 0.1) is 20.3 Å². The molecule has 0 spiro atoms. The Labute approximate surface area is 196 Å². The lowest BCUT2D eigenvalue weighted by Crippen LogP contribution is -2.15. The Kier molecular flexibility index (Phi) is 7.83. The third-order valence-electron chi connectivity index (χ3n) is 5.09. The molecule has 34 heavy (non-hydrogen) atoms. The van der Waals surface area contributed by atoms with Crippen LogP contribution >= 0.6 is 0 Å².